The van der Waals surface area contributed by atoms with Gasteiger partial charge in [-0.15, -0.1) is 11.3 Å². The molecule has 0 unspecified atom stereocenters. The van der Waals surface area contributed by atoms with Gasteiger partial charge in [0, 0.05) is 20.1 Å². The topological polar surface area (TPSA) is 49.4 Å². The van der Waals surface area contributed by atoms with Crippen LogP contribution in [0.5, 0.6) is 0 Å². The number of hydrogen-bond donors (Lipinski definition) is 1. The summed E-state index contributed by atoms with van der Waals surface area (Å²) in [7, 11) is -1.60. The third-order valence-corrected chi connectivity index (χ3v) is 6.37. The number of sulfonamides is 1. The lowest BCUT2D eigenvalue weighted by Crippen LogP contribution is -2.28. The van der Waals surface area contributed by atoms with Crippen LogP contribution in [-0.2, 0) is 16.6 Å². The first-order valence-corrected chi connectivity index (χ1v) is 8.60. The molecule has 1 aliphatic rings. The fourth-order valence-electron chi connectivity index (χ4n) is 1.77. The lowest BCUT2D eigenvalue weighted by Gasteiger charge is -2.15. The molecule has 18 heavy (non-hydrogen) atoms. The summed E-state index contributed by atoms with van der Waals surface area (Å²) in [6.45, 7) is 4.31. The lowest BCUT2D eigenvalue weighted by atomic mass is 10.3. The first-order chi connectivity index (χ1) is 8.54. The lowest BCUT2D eigenvalue weighted by molar-refractivity contribution is 0.454. The van der Waals surface area contributed by atoms with Crippen molar-refractivity contribution in [2.24, 2.45) is 5.92 Å². The molecule has 1 aromatic heterocycles. The Labute approximate surface area is 113 Å². The van der Waals surface area contributed by atoms with E-state index in [1.807, 2.05) is 12.3 Å². The Bertz CT molecular complexity index is 492. The second kappa shape index (κ2) is 5.69. The average molecular weight is 288 g/mol. The molecule has 0 aromatic carbocycles. The molecule has 1 N–H and O–H groups in total. The van der Waals surface area contributed by atoms with Crippen molar-refractivity contribution in [3.05, 3.63) is 17.0 Å². The van der Waals surface area contributed by atoms with Crippen molar-refractivity contribution in [3.8, 4) is 0 Å². The number of nitrogens with one attached hydrogen (secondary N) is 1. The van der Waals surface area contributed by atoms with Crippen molar-refractivity contribution in [2.75, 3.05) is 20.1 Å². The van der Waals surface area contributed by atoms with Crippen LogP contribution in [0.3, 0.4) is 0 Å². The molecule has 6 heteroatoms. The van der Waals surface area contributed by atoms with Crippen LogP contribution < -0.4 is 5.32 Å². The van der Waals surface area contributed by atoms with E-state index < -0.39 is 10.0 Å². The smallest absolute Gasteiger partial charge is 0.252 e. The summed E-state index contributed by atoms with van der Waals surface area (Å²) >= 11 is 1.31. The third kappa shape index (κ3) is 3.32. The summed E-state index contributed by atoms with van der Waals surface area (Å²) < 4.78 is 26.5. The minimum Gasteiger partial charge on any atom is -0.313 e. The molecule has 4 nitrogen and oxygen atoms in total. The van der Waals surface area contributed by atoms with Crippen LogP contribution in [-0.4, -0.2) is 32.9 Å². The molecule has 102 valence electrons. The molecule has 0 saturated heterocycles. The molecule has 1 aromatic rings. The van der Waals surface area contributed by atoms with Crippen LogP contribution in [0, 0.1) is 5.92 Å². The summed E-state index contributed by atoms with van der Waals surface area (Å²) in [4.78, 5) is 0. The van der Waals surface area contributed by atoms with Gasteiger partial charge in [-0.3, -0.25) is 0 Å². The van der Waals surface area contributed by atoms with Gasteiger partial charge in [0.1, 0.15) is 4.21 Å². The molecule has 2 rings (SSSR count). The molecule has 1 saturated carbocycles. The monoisotopic (exact) mass is 288 g/mol. The standard InChI is InChI=1S/C12H20N2O2S2/c1-3-13-7-11-6-12(17-9-11)18(15,16)14(2)8-10-4-5-10/h6,9-10,13H,3-5,7-8H2,1-2H3. The number of thiophene rings is 1. The van der Waals surface area contributed by atoms with Gasteiger partial charge in [0.15, 0.2) is 0 Å². The van der Waals surface area contributed by atoms with E-state index in [4.69, 9.17) is 0 Å². The van der Waals surface area contributed by atoms with Crippen LogP contribution >= 0.6 is 11.3 Å². The molecular formula is C12H20N2O2S2. The van der Waals surface area contributed by atoms with Crippen LogP contribution in [0.15, 0.2) is 15.7 Å². The minimum atomic E-state index is -3.27. The average Bonchev–Trinajstić information content (AvgIpc) is 3.01. The third-order valence-electron chi connectivity index (χ3n) is 3.09. The zero-order chi connectivity index (χ0) is 13.2. The molecule has 0 atom stereocenters. The number of hydrogen-bond acceptors (Lipinski definition) is 4. The van der Waals surface area contributed by atoms with Crippen molar-refractivity contribution in [1.29, 1.82) is 0 Å². The van der Waals surface area contributed by atoms with E-state index in [1.54, 1.807) is 13.1 Å². The van der Waals surface area contributed by atoms with E-state index in [1.165, 1.54) is 15.6 Å². The normalized spacial score (nSPS) is 16.4. The highest BCUT2D eigenvalue weighted by molar-refractivity contribution is 7.91. The largest absolute Gasteiger partial charge is 0.313 e. The summed E-state index contributed by atoms with van der Waals surface area (Å²) in [6.07, 6.45) is 2.33. The summed E-state index contributed by atoms with van der Waals surface area (Å²) in [5.41, 5.74) is 1.04. The maximum atomic E-state index is 12.3. The molecule has 0 aliphatic heterocycles. The van der Waals surface area contributed by atoms with E-state index in [0.717, 1.165) is 31.5 Å². The maximum absolute atomic E-state index is 12.3. The van der Waals surface area contributed by atoms with E-state index in [0.29, 0.717) is 16.7 Å². The van der Waals surface area contributed by atoms with Gasteiger partial charge in [-0.25, -0.2) is 8.42 Å². The Morgan fingerprint density at radius 1 is 1.50 bits per heavy atom. The zero-order valence-electron chi connectivity index (χ0n) is 10.8. The van der Waals surface area contributed by atoms with Crippen molar-refractivity contribution >= 4 is 21.4 Å². The molecule has 0 radical (unpaired) electrons. The van der Waals surface area contributed by atoms with Gasteiger partial charge in [-0.2, -0.15) is 4.31 Å². The molecule has 1 fully saturated rings. The van der Waals surface area contributed by atoms with Crippen molar-refractivity contribution in [2.45, 2.75) is 30.5 Å². The van der Waals surface area contributed by atoms with Gasteiger partial charge in [0.05, 0.1) is 0 Å². The van der Waals surface area contributed by atoms with E-state index in [9.17, 15) is 8.42 Å². The summed E-state index contributed by atoms with van der Waals surface area (Å²) in [6, 6.07) is 1.78. The fourth-order valence-corrected chi connectivity index (χ4v) is 4.43. The number of rotatable bonds is 7. The predicted octanol–water partition coefficient (Wildman–Crippen LogP) is 1.89. The van der Waals surface area contributed by atoms with Crippen molar-refractivity contribution in [3.63, 3.8) is 0 Å². The Hall–Kier alpha value is -0.430. The zero-order valence-corrected chi connectivity index (χ0v) is 12.5. The highest BCUT2D eigenvalue weighted by Crippen LogP contribution is 2.32. The molecule has 0 bridgehead atoms. The van der Waals surface area contributed by atoms with E-state index >= 15 is 0 Å². The van der Waals surface area contributed by atoms with Gasteiger partial charge in [0.2, 0.25) is 0 Å². The first kappa shape index (κ1) is 14.0. The second-order valence-electron chi connectivity index (χ2n) is 4.78. The quantitative estimate of drug-likeness (QED) is 0.833. The van der Waals surface area contributed by atoms with Crippen LogP contribution in [0.25, 0.3) is 0 Å². The van der Waals surface area contributed by atoms with Gasteiger partial charge in [0.25, 0.3) is 10.0 Å². The van der Waals surface area contributed by atoms with E-state index in [2.05, 4.69) is 5.32 Å². The SMILES string of the molecule is CCNCc1csc(S(=O)(=O)N(C)CC2CC2)c1. The molecule has 0 amide bonds. The maximum Gasteiger partial charge on any atom is 0.252 e. The van der Waals surface area contributed by atoms with Gasteiger partial charge in [-0.05, 0) is 42.3 Å². The molecular weight excluding hydrogens is 268 g/mol. The highest BCUT2D eigenvalue weighted by atomic mass is 32.2. The van der Waals surface area contributed by atoms with E-state index in [-0.39, 0.29) is 0 Å². The molecule has 0 spiro atoms. The van der Waals surface area contributed by atoms with Crippen molar-refractivity contribution < 1.29 is 8.42 Å². The van der Waals surface area contributed by atoms with Gasteiger partial charge >= 0.3 is 0 Å². The summed E-state index contributed by atoms with van der Waals surface area (Å²) in [5, 5.41) is 5.12. The van der Waals surface area contributed by atoms with Crippen LogP contribution in [0.1, 0.15) is 25.3 Å². The first-order valence-electron chi connectivity index (χ1n) is 6.28. The summed E-state index contributed by atoms with van der Waals surface area (Å²) in [5.74, 6) is 0.575. The van der Waals surface area contributed by atoms with Crippen LogP contribution in [0.2, 0.25) is 0 Å². The highest BCUT2D eigenvalue weighted by Gasteiger charge is 2.29. The van der Waals surface area contributed by atoms with Crippen LogP contribution in [0.4, 0.5) is 0 Å². The predicted molar refractivity (Wildman–Crippen MR) is 74.2 cm³/mol. The second-order valence-corrected chi connectivity index (χ2v) is 7.97. The van der Waals surface area contributed by atoms with Crippen molar-refractivity contribution in [1.82, 2.24) is 9.62 Å². The Kier molecular flexibility index (Phi) is 4.42. The fraction of sp³-hybridized carbons (Fsp3) is 0.667. The molecule has 1 heterocycles. The number of nitrogens with zero attached hydrogens (tertiary/aromatic N) is 1. The Morgan fingerprint density at radius 3 is 2.83 bits per heavy atom. The van der Waals surface area contributed by atoms with Gasteiger partial charge in [-0.1, -0.05) is 6.92 Å². The Morgan fingerprint density at radius 2 is 2.22 bits per heavy atom. The molecule has 1 aliphatic carbocycles. The van der Waals surface area contributed by atoms with Gasteiger partial charge < -0.3 is 5.32 Å². The minimum absolute atomic E-state index is 0.457. The Balaban J connectivity index is 2.05.